The van der Waals surface area contributed by atoms with Crippen molar-refractivity contribution in [3.8, 4) is 28.4 Å². The summed E-state index contributed by atoms with van der Waals surface area (Å²) < 4.78 is 86.4. The second-order valence-corrected chi connectivity index (χ2v) is 7.55. The summed E-state index contributed by atoms with van der Waals surface area (Å²) in [5.41, 5.74) is -0.309. The SMILES string of the molecule is COc1cc2c(cc1-c1ccc(OC(F)(F)F)cc1O)C/C(=C\c1ncccc1C(F)(F)F)C2=O. The number of carbonyl (C=O) groups excluding carboxylic acids is 1. The number of rotatable bonds is 4. The van der Waals surface area contributed by atoms with Gasteiger partial charge in [0.2, 0.25) is 0 Å². The molecule has 182 valence electrons. The fourth-order valence-electron chi connectivity index (χ4n) is 3.81. The highest BCUT2D eigenvalue weighted by molar-refractivity contribution is 6.16. The summed E-state index contributed by atoms with van der Waals surface area (Å²) in [7, 11) is 1.29. The molecule has 0 aliphatic heterocycles. The number of pyridine rings is 1. The number of hydrogen-bond donors (Lipinski definition) is 1. The van der Waals surface area contributed by atoms with Gasteiger partial charge >= 0.3 is 12.5 Å². The average Bonchev–Trinajstić information content (AvgIpc) is 3.06. The van der Waals surface area contributed by atoms with E-state index in [1.54, 1.807) is 0 Å². The Hall–Kier alpha value is -4.02. The summed E-state index contributed by atoms with van der Waals surface area (Å²) in [5.74, 6) is -1.54. The van der Waals surface area contributed by atoms with Crippen LogP contribution >= 0.6 is 0 Å². The molecular formula is C24H15F6NO4. The van der Waals surface area contributed by atoms with Crippen LogP contribution in [0.25, 0.3) is 17.2 Å². The van der Waals surface area contributed by atoms with Crippen molar-refractivity contribution in [2.75, 3.05) is 7.11 Å². The van der Waals surface area contributed by atoms with Crippen molar-refractivity contribution in [1.29, 1.82) is 0 Å². The Morgan fingerprint density at radius 3 is 2.37 bits per heavy atom. The summed E-state index contributed by atoms with van der Waals surface area (Å²) in [6.45, 7) is 0. The van der Waals surface area contributed by atoms with E-state index in [0.29, 0.717) is 5.56 Å². The van der Waals surface area contributed by atoms with E-state index in [-0.39, 0.29) is 34.4 Å². The third-order valence-electron chi connectivity index (χ3n) is 5.29. The third-order valence-corrected chi connectivity index (χ3v) is 5.29. The molecule has 4 rings (SSSR count). The number of aromatic nitrogens is 1. The molecule has 3 aromatic rings. The molecule has 0 atom stereocenters. The van der Waals surface area contributed by atoms with E-state index < -0.39 is 41.1 Å². The number of methoxy groups -OCH3 is 1. The maximum atomic E-state index is 13.3. The van der Waals surface area contributed by atoms with Gasteiger partial charge in [-0.05, 0) is 48.0 Å². The first-order chi connectivity index (χ1) is 16.4. The molecule has 0 amide bonds. The zero-order valence-corrected chi connectivity index (χ0v) is 17.8. The van der Waals surface area contributed by atoms with E-state index in [4.69, 9.17) is 4.74 Å². The molecule has 1 aromatic heterocycles. The number of alkyl halides is 6. The number of ketones is 1. The minimum absolute atomic E-state index is 0.0188. The van der Waals surface area contributed by atoms with E-state index in [1.165, 1.54) is 31.5 Å². The zero-order chi connectivity index (χ0) is 25.5. The van der Waals surface area contributed by atoms with Crippen LogP contribution in [0.1, 0.15) is 27.2 Å². The first-order valence-corrected chi connectivity index (χ1v) is 9.95. The van der Waals surface area contributed by atoms with Crippen LogP contribution in [-0.4, -0.2) is 29.3 Å². The van der Waals surface area contributed by atoms with Gasteiger partial charge in [-0.1, -0.05) is 0 Å². The standard InChI is InChI=1S/C24H15F6NO4/c1-34-21-11-16-12(8-17(21)15-5-4-14(10-20(15)32)35-24(28,29)30)7-13(22(16)33)9-19-18(23(25,26)27)3-2-6-31-19/h2-6,8-11,32H,7H2,1H3/b13-9+. The largest absolute Gasteiger partial charge is 0.573 e. The molecular weight excluding hydrogens is 480 g/mol. The van der Waals surface area contributed by atoms with Gasteiger partial charge in [0, 0.05) is 40.9 Å². The molecule has 0 spiro atoms. The Kier molecular flexibility index (Phi) is 5.95. The highest BCUT2D eigenvalue weighted by Crippen LogP contribution is 2.43. The normalized spacial score (nSPS) is 14.8. The number of ether oxygens (including phenoxy) is 2. The van der Waals surface area contributed by atoms with E-state index in [1.807, 2.05) is 0 Å². The van der Waals surface area contributed by atoms with Gasteiger partial charge in [0.15, 0.2) is 5.78 Å². The summed E-state index contributed by atoms with van der Waals surface area (Å²) in [6.07, 6.45) is -7.36. The number of hydrogen-bond acceptors (Lipinski definition) is 5. The van der Waals surface area contributed by atoms with E-state index in [0.717, 1.165) is 30.3 Å². The van der Waals surface area contributed by atoms with E-state index in [9.17, 15) is 36.2 Å². The molecule has 1 heterocycles. The van der Waals surface area contributed by atoms with Crippen molar-refractivity contribution >= 4 is 11.9 Å². The zero-order valence-electron chi connectivity index (χ0n) is 17.8. The number of Topliss-reactive ketones (excluding diaryl/α,β-unsaturated/α-hetero) is 1. The second kappa shape index (κ2) is 8.64. The molecule has 0 saturated heterocycles. The maximum Gasteiger partial charge on any atom is 0.573 e. The molecule has 0 bridgehead atoms. The lowest BCUT2D eigenvalue weighted by molar-refractivity contribution is -0.274. The lowest BCUT2D eigenvalue weighted by Crippen LogP contribution is -2.17. The number of benzene rings is 2. The Bertz CT molecular complexity index is 1340. The molecule has 0 radical (unpaired) electrons. The first-order valence-electron chi connectivity index (χ1n) is 9.95. The van der Waals surface area contributed by atoms with Crippen molar-refractivity contribution in [1.82, 2.24) is 4.98 Å². The predicted octanol–water partition coefficient (Wildman–Crippen LogP) is 6.20. The summed E-state index contributed by atoms with van der Waals surface area (Å²) in [5, 5.41) is 10.3. The number of fused-ring (bicyclic) bond motifs is 1. The Morgan fingerprint density at radius 2 is 1.74 bits per heavy atom. The number of phenols is 1. The van der Waals surface area contributed by atoms with Crippen molar-refractivity contribution in [3.05, 3.63) is 76.6 Å². The van der Waals surface area contributed by atoms with Crippen LogP contribution in [-0.2, 0) is 12.6 Å². The maximum absolute atomic E-state index is 13.3. The van der Waals surface area contributed by atoms with Crippen LogP contribution in [0.15, 0.2) is 54.2 Å². The molecule has 1 aliphatic carbocycles. The van der Waals surface area contributed by atoms with Gasteiger partial charge in [0.1, 0.15) is 17.2 Å². The van der Waals surface area contributed by atoms with Gasteiger partial charge in [-0.3, -0.25) is 9.78 Å². The van der Waals surface area contributed by atoms with Gasteiger partial charge in [0.05, 0.1) is 18.4 Å². The lowest BCUT2D eigenvalue weighted by Gasteiger charge is -2.14. The smallest absolute Gasteiger partial charge is 0.507 e. The fraction of sp³-hybridized carbons (Fsp3) is 0.167. The Morgan fingerprint density at radius 1 is 1.00 bits per heavy atom. The van der Waals surface area contributed by atoms with E-state index >= 15 is 0 Å². The average molecular weight is 495 g/mol. The highest BCUT2D eigenvalue weighted by Gasteiger charge is 2.35. The Balaban J connectivity index is 1.74. The van der Waals surface area contributed by atoms with Gasteiger partial charge in [-0.2, -0.15) is 13.2 Å². The van der Waals surface area contributed by atoms with Crippen molar-refractivity contribution < 1.29 is 45.7 Å². The quantitative estimate of drug-likeness (QED) is 0.345. The van der Waals surface area contributed by atoms with Crippen molar-refractivity contribution in [3.63, 3.8) is 0 Å². The molecule has 0 unspecified atom stereocenters. The van der Waals surface area contributed by atoms with Crippen molar-refractivity contribution in [2.24, 2.45) is 0 Å². The third kappa shape index (κ3) is 4.93. The summed E-state index contributed by atoms with van der Waals surface area (Å²) >= 11 is 0. The summed E-state index contributed by atoms with van der Waals surface area (Å²) in [4.78, 5) is 16.7. The molecule has 1 aliphatic rings. The highest BCUT2D eigenvalue weighted by atomic mass is 19.4. The van der Waals surface area contributed by atoms with Crippen molar-refractivity contribution in [2.45, 2.75) is 19.0 Å². The monoisotopic (exact) mass is 495 g/mol. The minimum Gasteiger partial charge on any atom is -0.507 e. The van der Waals surface area contributed by atoms with Crippen LogP contribution in [0, 0.1) is 0 Å². The molecule has 0 saturated carbocycles. The second-order valence-electron chi connectivity index (χ2n) is 7.55. The van der Waals surface area contributed by atoms with Crippen LogP contribution in [0.5, 0.6) is 17.2 Å². The lowest BCUT2D eigenvalue weighted by atomic mass is 9.98. The molecule has 11 heteroatoms. The van der Waals surface area contributed by atoms with Crippen LogP contribution in [0.3, 0.4) is 0 Å². The first kappa shape index (κ1) is 24.1. The molecule has 2 aromatic carbocycles. The van der Waals surface area contributed by atoms with Crippen LogP contribution < -0.4 is 9.47 Å². The number of carbonyl (C=O) groups is 1. The number of allylic oxidation sites excluding steroid dienone is 1. The molecule has 35 heavy (non-hydrogen) atoms. The number of halogens is 6. The predicted molar refractivity (Wildman–Crippen MR) is 112 cm³/mol. The number of aromatic hydroxyl groups is 1. The molecule has 1 N–H and O–H groups in total. The topological polar surface area (TPSA) is 68.7 Å². The van der Waals surface area contributed by atoms with Gasteiger partial charge in [0.25, 0.3) is 0 Å². The fourth-order valence-corrected chi connectivity index (χ4v) is 3.81. The Labute approximate surface area is 194 Å². The molecule has 5 nitrogen and oxygen atoms in total. The van der Waals surface area contributed by atoms with E-state index in [2.05, 4.69) is 9.72 Å². The number of nitrogens with zero attached hydrogens (tertiary/aromatic N) is 1. The summed E-state index contributed by atoms with van der Waals surface area (Å²) in [6, 6.07) is 7.85. The van der Waals surface area contributed by atoms with Crippen LogP contribution in [0.2, 0.25) is 0 Å². The molecule has 0 fully saturated rings. The minimum atomic E-state index is -4.94. The number of phenolic OH excluding ortho intramolecular Hbond substituents is 1. The van der Waals surface area contributed by atoms with Gasteiger partial charge in [-0.25, -0.2) is 0 Å². The van der Waals surface area contributed by atoms with Gasteiger partial charge < -0.3 is 14.6 Å². The van der Waals surface area contributed by atoms with Gasteiger partial charge in [-0.15, -0.1) is 13.2 Å². The van der Waals surface area contributed by atoms with Crippen LogP contribution in [0.4, 0.5) is 26.3 Å².